The van der Waals surface area contributed by atoms with Crippen molar-refractivity contribution in [2.45, 2.75) is 19.8 Å². The van der Waals surface area contributed by atoms with E-state index >= 15 is 0 Å². The number of imidazole rings is 1. The highest BCUT2D eigenvalue weighted by Gasteiger charge is 2.24. The van der Waals surface area contributed by atoms with Gasteiger partial charge in [0.2, 0.25) is 0 Å². The van der Waals surface area contributed by atoms with Crippen LogP contribution in [0.5, 0.6) is 11.5 Å². The average Bonchev–Trinajstić information content (AvgIpc) is 3.35. The predicted molar refractivity (Wildman–Crippen MR) is 130 cm³/mol. The van der Waals surface area contributed by atoms with Crippen LogP contribution in [-0.2, 0) is 0 Å². The summed E-state index contributed by atoms with van der Waals surface area (Å²) in [6.07, 6.45) is 5.63. The van der Waals surface area contributed by atoms with Gasteiger partial charge in [-0.1, -0.05) is 49.4 Å². The monoisotopic (exact) mass is 437 g/mol. The molecule has 166 valence electrons. The van der Waals surface area contributed by atoms with E-state index in [1.54, 1.807) is 12.5 Å². The van der Waals surface area contributed by atoms with Gasteiger partial charge in [0.1, 0.15) is 17.2 Å². The van der Waals surface area contributed by atoms with Crippen molar-refractivity contribution in [3.8, 4) is 28.3 Å². The van der Waals surface area contributed by atoms with Gasteiger partial charge >= 0.3 is 0 Å². The number of aromatic nitrogens is 2. The largest absolute Gasteiger partial charge is 0.457 e. The van der Waals surface area contributed by atoms with E-state index in [1.165, 1.54) is 6.42 Å². The molecule has 1 aromatic heterocycles. The zero-order valence-corrected chi connectivity index (χ0v) is 18.7. The van der Waals surface area contributed by atoms with Crippen LogP contribution in [0.15, 0.2) is 91.4 Å². The van der Waals surface area contributed by atoms with E-state index in [-0.39, 0.29) is 5.91 Å². The molecule has 2 heterocycles. The summed E-state index contributed by atoms with van der Waals surface area (Å²) in [5.41, 5.74) is 3.67. The SMILES string of the molecule is CC1CCCN(C(=O)c2cncn2-c2cccc(-c3ccc(Oc4ccccc4)cc3)c2)C1. The van der Waals surface area contributed by atoms with Crippen molar-refractivity contribution < 1.29 is 9.53 Å². The van der Waals surface area contributed by atoms with Crippen LogP contribution in [0, 0.1) is 5.92 Å². The topological polar surface area (TPSA) is 47.4 Å². The fourth-order valence-corrected chi connectivity index (χ4v) is 4.37. The van der Waals surface area contributed by atoms with Crippen LogP contribution in [0.2, 0.25) is 0 Å². The third kappa shape index (κ3) is 4.67. The second-order valence-corrected chi connectivity index (χ2v) is 8.64. The van der Waals surface area contributed by atoms with Crippen LogP contribution < -0.4 is 4.74 Å². The molecule has 1 aliphatic heterocycles. The molecular weight excluding hydrogens is 410 g/mol. The Bertz CT molecular complexity index is 1230. The van der Waals surface area contributed by atoms with Gasteiger partial charge < -0.3 is 9.64 Å². The van der Waals surface area contributed by atoms with Crippen molar-refractivity contribution in [2.24, 2.45) is 5.92 Å². The van der Waals surface area contributed by atoms with E-state index in [9.17, 15) is 4.79 Å². The van der Waals surface area contributed by atoms with Crippen molar-refractivity contribution in [3.05, 3.63) is 97.1 Å². The number of ether oxygens (including phenoxy) is 1. The second kappa shape index (κ2) is 9.33. The van der Waals surface area contributed by atoms with Gasteiger partial charge in [-0.15, -0.1) is 0 Å². The predicted octanol–water partition coefficient (Wildman–Crippen LogP) is 6.20. The van der Waals surface area contributed by atoms with Crippen molar-refractivity contribution in [1.82, 2.24) is 14.5 Å². The Morgan fingerprint density at radius 1 is 0.939 bits per heavy atom. The molecule has 0 bridgehead atoms. The van der Waals surface area contributed by atoms with E-state index < -0.39 is 0 Å². The van der Waals surface area contributed by atoms with Gasteiger partial charge in [0.25, 0.3) is 5.91 Å². The summed E-state index contributed by atoms with van der Waals surface area (Å²) in [6.45, 7) is 3.82. The van der Waals surface area contributed by atoms with Crippen molar-refractivity contribution in [3.63, 3.8) is 0 Å². The minimum atomic E-state index is 0.0480. The highest BCUT2D eigenvalue weighted by molar-refractivity contribution is 5.93. The molecule has 0 radical (unpaired) electrons. The Morgan fingerprint density at radius 3 is 2.52 bits per heavy atom. The molecule has 33 heavy (non-hydrogen) atoms. The molecule has 5 heteroatoms. The minimum Gasteiger partial charge on any atom is -0.457 e. The van der Waals surface area contributed by atoms with Crippen molar-refractivity contribution in [1.29, 1.82) is 0 Å². The molecular formula is C28H27N3O2. The summed E-state index contributed by atoms with van der Waals surface area (Å²) < 4.78 is 7.79. The average molecular weight is 438 g/mol. The zero-order valence-electron chi connectivity index (χ0n) is 18.7. The maximum atomic E-state index is 13.2. The molecule has 0 saturated carbocycles. The Labute approximate surface area is 194 Å². The van der Waals surface area contributed by atoms with E-state index in [4.69, 9.17) is 4.74 Å². The van der Waals surface area contributed by atoms with E-state index in [0.717, 1.165) is 47.8 Å². The highest BCUT2D eigenvalue weighted by atomic mass is 16.5. The Kier molecular flexibility index (Phi) is 5.94. The molecule has 5 rings (SSSR count). The van der Waals surface area contributed by atoms with Crippen LogP contribution in [-0.4, -0.2) is 33.4 Å². The lowest BCUT2D eigenvalue weighted by molar-refractivity contribution is 0.0675. The third-order valence-corrected chi connectivity index (χ3v) is 6.09. The van der Waals surface area contributed by atoms with Gasteiger partial charge in [0.05, 0.1) is 12.5 Å². The maximum Gasteiger partial charge on any atom is 0.272 e. The van der Waals surface area contributed by atoms with Gasteiger partial charge in [-0.3, -0.25) is 9.36 Å². The number of amides is 1. The molecule has 1 aliphatic rings. The summed E-state index contributed by atoms with van der Waals surface area (Å²) in [5, 5.41) is 0. The molecule has 3 aromatic carbocycles. The fourth-order valence-electron chi connectivity index (χ4n) is 4.37. The van der Waals surface area contributed by atoms with E-state index in [2.05, 4.69) is 24.0 Å². The lowest BCUT2D eigenvalue weighted by Crippen LogP contribution is -2.39. The number of rotatable bonds is 5. The lowest BCUT2D eigenvalue weighted by atomic mass is 10.00. The molecule has 4 aromatic rings. The first-order chi connectivity index (χ1) is 16.2. The van der Waals surface area contributed by atoms with Gasteiger partial charge in [-0.2, -0.15) is 0 Å². The number of benzene rings is 3. The van der Waals surface area contributed by atoms with Crippen LogP contribution >= 0.6 is 0 Å². The quantitative estimate of drug-likeness (QED) is 0.373. The number of piperidine rings is 1. The number of para-hydroxylation sites is 1. The zero-order chi connectivity index (χ0) is 22.6. The van der Waals surface area contributed by atoms with Gasteiger partial charge in [-0.05, 0) is 66.3 Å². The molecule has 0 N–H and O–H groups in total. The summed E-state index contributed by atoms with van der Waals surface area (Å²) in [7, 11) is 0. The lowest BCUT2D eigenvalue weighted by Gasteiger charge is -2.31. The maximum absolute atomic E-state index is 13.2. The summed E-state index contributed by atoms with van der Waals surface area (Å²) >= 11 is 0. The number of carbonyl (C=O) groups excluding carboxylic acids is 1. The van der Waals surface area contributed by atoms with Gasteiger partial charge in [0, 0.05) is 18.8 Å². The number of carbonyl (C=O) groups is 1. The van der Waals surface area contributed by atoms with Crippen LogP contribution in [0.4, 0.5) is 0 Å². The smallest absolute Gasteiger partial charge is 0.272 e. The second-order valence-electron chi connectivity index (χ2n) is 8.64. The first-order valence-corrected chi connectivity index (χ1v) is 11.4. The molecule has 1 atom stereocenters. The van der Waals surface area contributed by atoms with Crippen LogP contribution in [0.25, 0.3) is 16.8 Å². The third-order valence-electron chi connectivity index (χ3n) is 6.09. The fraction of sp³-hybridized carbons (Fsp3) is 0.214. The molecule has 1 amide bonds. The van der Waals surface area contributed by atoms with E-state index in [1.807, 2.05) is 76.2 Å². The van der Waals surface area contributed by atoms with Crippen LogP contribution in [0.1, 0.15) is 30.3 Å². The number of nitrogens with zero attached hydrogens (tertiary/aromatic N) is 3. The molecule has 0 aliphatic carbocycles. The molecule has 1 unspecified atom stereocenters. The van der Waals surface area contributed by atoms with Crippen LogP contribution in [0.3, 0.4) is 0 Å². The first-order valence-electron chi connectivity index (χ1n) is 11.4. The minimum absolute atomic E-state index is 0.0480. The number of likely N-dealkylation sites (tertiary alicyclic amines) is 1. The first kappa shape index (κ1) is 21.0. The molecule has 5 nitrogen and oxygen atoms in total. The number of hydrogen-bond acceptors (Lipinski definition) is 3. The standard InChI is InChI=1S/C28H27N3O2/c1-21-7-6-16-30(19-21)28(32)27-18-29-20-31(27)24-9-5-8-23(17-24)22-12-14-26(15-13-22)33-25-10-3-2-4-11-25/h2-5,8-15,17-18,20-21H,6-7,16,19H2,1H3. The Morgan fingerprint density at radius 2 is 1.73 bits per heavy atom. The van der Waals surface area contributed by atoms with Gasteiger partial charge in [-0.25, -0.2) is 4.98 Å². The van der Waals surface area contributed by atoms with Crippen molar-refractivity contribution in [2.75, 3.05) is 13.1 Å². The molecule has 1 fully saturated rings. The number of hydrogen-bond donors (Lipinski definition) is 0. The van der Waals surface area contributed by atoms with Gasteiger partial charge in [0.15, 0.2) is 0 Å². The highest BCUT2D eigenvalue weighted by Crippen LogP contribution is 2.28. The summed E-state index contributed by atoms with van der Waals surface area (Å²) in [6, 6.07) is 26.0. The van der Waals surface area contributed by atoms with E-state index in [0.29, 0.717) is 11.6 Å². The summed E-state index contributed by atoms with van der Waals surface area (Å²) in [4.78, 5) is 19.4. The summed E-state index contributed by atoms with van der Waals surface area (Å²) in [5.74, 6) is 2.19. The normalized spacial score (nSPS) is 15.9. The van der Waals surface area contributed by atoms with Crippen molar-refractivity contribution >= 4 is 5.91 Å². The molecule has 0 spiro atoms. The molecule has 1 saturated heterocycles. The Hall–Kier alpha value is -3.86. The Balaban J connectivity index is 1.37.